The summed E-state index contributed by atoms with van der Waals surface area (Å²) in [5.41, 5.74) is 0. The first-order valence-corrected chi connectivity index (χ1v) is 38.6. The molecule has 14 nitrogen and oxygen atoms in total. The number of carbonyl (C=O) groups excluding carboxylic acids is 1. The number of aliphatic hydroxyl groups is 8. The highest BCUT2D eigenvalue weighted by Gasteiger charge is 2.51. The van der Waals surface area contributed by atoms with Gasteiger partial charge in [-0.3, -0.25) is 4.79 Å². The predicted octanol–water partition coefficient (Wildman–Crippen LogP) is 16.7. The first-order chi connectivity index (χ1) is 44.1. The quantitative estimate of drug-likeness (QED) is 0.0204. The Morgan fingerprint density at radius 3 is 1.09 bits per heavy atom. The molecule has 0 aromatic carbocycles. The summed E-state index contributed by atoms with van der Waals surface area (Å²) in [7, 11) is 0. The molecular weight excluding hydrogens is 1130 g/mol. The van der Waals surface area contributed by atoms with Crippen LogP contribution >= 0.6 is 0 Å². The highest BCUT2D eigenvalue weighted by Crippen LogP contribution is 2.30. The van der Waals surface area contributed by atoms with Crippen LogP contribution in [0.2, 0.25) is 0 Å². The van der Waals surface area contributed by atoms with E-state index in [-0.39, 0.29) is 18.9 Å². The molecule has 2 fully saturated rings. The van der Waals surface area contributed by atoms with Gasteiger partial charge in [-0.2, -0.15) is 0 Å². The van der Waals surface area contributed by atoms with Crippen molar-refractivity contribution in [3.63, 3.8) is 0 Å². The number of allylic oxidation sites excluding steroid dienone is 3. The van der Waals surface area contributed by atoms with Crippen molar-refractivity contribution in [1.82, 2.24) is 5.32 Å². The van der Waals surface area contributed by atoms with Crippen LogP contribution in [0.15, 0.2) is 24.3 Å². The average molecular weight is 1280 g/mol. The fourth-order valence-electron chi connectivity index (χ4n) is 13.0. The van der Waals surface area contributed by atoms with E-state index in [1.165, 1.54) is 295 Å². The van der Waals surface area contributed by atoms with E-state index in [2.05, 4.69) is 31.3 Å². The molecular formula is C76H145NO13. The smallest absolute Gasteiger partial charge is 0.220 e. The van der Waals surface area contributed by atoms with E-state index < -0.39 is 86.8 Å². The number of nitrogens with one attached hydrogen (secondary N) is 1. The lowest BCUT2D eigenvalue weighted by Gasteiger charge is -2.46. The van der Waals surface area contributed by atoms with Gasteiger partial charge in [0.1, 0.15) is 48.8 Å². The normalized spacial score (nSPS) is 23.0. The molecule has 2 rings (SSSR count). The number of carbonyl (C=O) groups is 1. The molecule has 2 aliphatic heterocycles. The van der Waals surface area contributed by atoms with E-state index in [4.69, 9.17) is 18.9 Å². The number of rotatable bonds is 65. The predicted molar refractivity (Wildman–Crippen MR) is 369 cm³/mol. The Balaban J connectivity index is 1.65. The lowest BCUT2D eigenvalue weighted by molar-refractivity contribution is -0.359. The van der Waals surface area contributed by atoms with Gasteiger partial charge in [0.05, 0.1) is 32.0 Å². The monoisotopic (exact) mass is 1280 g/mol. The number of amides is 1. The van der Waals surface area contributed by atoms with E-state index in [0.717, 1.165) is 32.1 Å². The summed E-state index contributed by atoms with van der Waals surface area (Å²) >= 11 is 0. The highest BCUT2D eigenvalue weighted by molar-refractivity contribution is 5.76. The fourth-order valence-corrected chi connectivity index (χ4v) is 13.0. The van der Waals surface area contributed by atoms with Gasteiger partial charge in [-0.15, -0.1) is 0 Å². The Labute approximate surface area is 551 Å². The molecule has 2 aliphatic rings. The van der Waals surface area contributed by atoms with Crippen LogP contribution in [-0.4, -0.2) is 140 Å². The van der Waals surface area contributed by atoms with Crippen LogP contribution in [-0.2, 0) is 23.7 Å². The summed E-state index contributed by atoms with van der Waals surface area (Å²) in [6.07, 6.45) is 61.2. The third-order valence-electron chi connectivity index (χ3n) is 19.1. The molecule has 0 radical (unpaired) electrons. The van der Waals surface area contributed by atoms with Crippen LogP contribution in [0.1, 0.15) is 361 Å². The van der Waals surface area contributed by atoms with Crippen LogP contribution in [0.4, 0.5) is 0 Å². The molecule has 12 unspecified atom stereocenters. The van der Waals surface area contributed by atoms with Crippen LogP contribution in [0.3, 0.4) is 0 Å². The third-order valence-corrected chi connectivity index (χ3v) is 19.1. The minimum Gasteiger partial charge on any atom is -0.394 e. The van der Waals surface area contributed by atoms with Crippen molar-refractivity contribution in [1.29, 1.82) is 0 Å². The summed E-state index contributed by atoms with van der Waals surface area (Å²) in [6, 6.07) is -0.930. The summed E-state index contributed by atoms with van der Waals surface area (Å²) in [5.74, 6) is -0.240. The van der Waals surface area contributed by atoms with E-state index in [9.17, 15) is 45.6 Å². The number of unbranched alkanes of at least 4 members (excludes halogenated alkanes) is 50. The van der Waals surface area contributed by atoms with Crippen molar-refractivity contribution in [3.05, 3.63) is 24.3 Å². The second-order valence-electron chi connectivity index (χ2n) is 27.5. The second-order valence-corrected chi connectivity index (χ2v) is 27.5. The van der Waals surface area contributed by atoms with Crippen LogP contribution < -0.4 is 5.32 Å². The Morgan fingerprint density at radius 2 is 0.711 bits per heavy atom. The third kappa shape index (κ3) is 44.3. The lowest BCUT2D eigenvalue weighted by Crippen LogP contribution is -2.65. The zero-order valence-electron chi connectivity index (χ0n) is 58.2. The Kier molecular flexibility index (Phi) is 57.4. The number of hydrogen-bond donors (Lipinski definition) is 9. The van der Waals surface area contributed by atoms with Gasteiger partial charge in [-0.05, 0) is 32.1 Å². The van der Waals surface area contributed by atoms with Gasteiger partial charge in [-0.1, -0.05) is 346 Å². The first-order valence-electron chi connectivity index (χ1n) is 38.6. The molecule has 12 atom stereocenters. The van der Waals surface area contributed by atoms with Gasteiger partial charge in [0, 0.05) is 6.42 Å². The molecule has 9 N–H and O–H groups in total. The average Bonchev–Trinajstić information content (AvgIpc) is 1.20. The van der Waals surface area contributed by atoms with Gasteiger partial charge in [-0.25, -0.2) is 0 Å². The molecule has 0 spiro atoms. The molecule has 0 aromatic rings. The van der Waals surface area contributed by atoms with Crippen LogP contribution in [0.5, 0.6) is 0 Å². The number of ether oxygens (including phenoxy) is 4. The number of hydrogen-bond acceptors (Lipinski definition) is 13. The van der Waals surface area contributed by atoms with Gasteiger partial charge in [0.2, 0.25) is 5.91 Å². The van der Waals surface area contributed by atoms with Crippen molar-refractivity contribution in [2.24, 2.45) is 0 Å². The van der Waals surface area contributed by atoms with Crippen molar-refractivity contribution >= 4 is 5.91 Å². The van der Waals surface area contributed by atoms with Crippen molar-refractivity contribution in [2.75, 3.05) is 19.8 Å². The highest BCUT2D eigenvalue weighted by atomic mass is 16.7. The van der Waals surface area contributed by atoms with E-state index in [1.54, 1.807) is 6.08 Å². The van der Waals surface area contributed by atoms with Crippen LogP contribution in [0.25, 0.3) is 0 Å². The molecule has 532 valence electrons. The molecule has 2 heterocycles. The minimum absolute atomic E-state index is 0.240. The zero-order valence-corrected chi connectivity index (χ0v) is 58.2. The zero-order chi connectivity index (χ0) is 65.2. The Hall–Kier alpha value is -1.53. The summed E-state index contributed by atoms with van der Waals surface area (Å²) in [6.45, 7) is 2.85. The Morgan fingerprint density at radius 1 is 0.389 bits per heavy atom. The SMILES string of the molecule is CCCCCCCCCCCCCCCCCCCCCCCCC/C=C/CC/C=C/C(O)C(COC1OC(CO)C(OC2OC(CO)C(O)C(O)C2O)C(O)C1O)NC(=O)CCCCCCCCCCCCCCCCCCCCCCCCCCCCC. The maximum absolute atomic E-state index is 13.4. The van der Waals surface area contributed by atoms with E-state index in [1.807, 2.05) is 6.08 Å². The summed E-state index contributed by atoms with van der Waals surface area (Å²) in [4.78, 5) is 13.4. The van der Waals surface area contributed by atoms with Gasteiger partial charge in [0.25, 0.3) is 0 Å². The van der Waals surface area contributed by atoms with Crippen molar-refractivity contribution in [3.8, 4) is 0 Å². The molecule has 0 bridgehead atoms. The van der Waals surface area contributed by atoms with Gasteiger partial charge in [0.15, 0.2) is 12.6 Å². The largest absolute Gasteiger partial charge is 0.394 e. The lowest BCUT2D eigenvalue weighted by atomic mass is 9.97. The van der Waals surface area contributed by atoms with Gasteiger partial charge >= 0.3 is 0 Å². The molecule has 2 saturated heterocycles. The topological polar surface area (TPSA) is 228 Å². The van der Waals surface area contributed by atoms with Crippen molar-refractivity contribution in [2.45, 2.75) is 434 Å². The maximum atomic E-state index is 13.4. The molecule has 14 heteroatoms. The fraction of sp³-hybridized carbons (Fsp3) is 0.934. The van der Waals surface area contributed by atoms with Crippen molar-refractivity contribution < 1.29 is 64.6 Å². The number of aliphatic hydroxyl groups excluding tert-OH is 8. The second kappa shape index (κ2) is 61.1. The molecule has 1 amide bonds. The summed E-state index contributed by atoms with van der Waals surface area (Å²) < 4.78 is 22.9. The summed E-state index contributed by atoms with van der Waals surface area (Å²) in [5, 5.41) is 87.6. The van der Waals surface area contributed by atoms with Gasteiger partial charge < -0.3 is 65.1 Å². The van der Waals surface area contributed by atoms with E-state index >= 15 is 0 Å². The minimum atomic E-state index is -1.79. The maximum Gasteiger partial charge on any atom is 0.220 e. The van der Waals surface area contributed by atoms with E-state index in [0.29, 0.717) is 12.8 Å². The molecule has 0 aromatic heterocycles. The molecule has 0 saturated carbocycles. The molecule has 0 aliphatic carbocycles. The van der Waals surface area contributed by atoms with Crippen LogP contribution in [0, 0.1) is 0 Å². The molecule has 90 heavy (non-hydrogen) atoms. The standard InChI is InChI=1S/C76H145NO13/c1-3-5-7-9-11-13-15-17-19-21-23-25-27-29-31-32-34-35-37-39-41-43-45-47-49-51-53-55-57-59-65(80)64(63-87-75-73(86)71(84)74(67(62-79)89-75)90-76-72(85)70(83)69(82)66(61-78)88-76)77-68(81)60-58-56-54-52-50-48-46-44-42-40-38-36-33-30-28-26-24-22-20-18-16-14-12-10-8-6-4-2/h49,51,57,59,64-67,69-76,78-80,82-86H,3-48,50,52-56,58,60-63H2,1-2H3,(H,77,81)/b51-49+,59-57+. The first kappa shape index (κ1) is 84.6. The Bertz CT molecular complexity index is 1600.